The molecular weight excluding hydrogens is 270 g/mol. The lowest BCUT2D eigenvalue weighted by molar-refractivity contribution is 0.103. The molecule has 4 nitrogen and oxygen atoms in total. The van der Waals surface area contributed by atoms with Gasteiger partial charge in [-0.1, -0.05) is 13.0 Å². The van der Waals surface area contributed by atoms with Crippen molar-refractivity contribution in [1.29, 1.82) is 0 Å². The van der Waals surface area contributed by atoms with E-state index in [4.69, 9.17) is 0 Å². The molecule has 0 aliphatic rings. The Morgan fingerprint density at radius 3 is 2.75 bits per heavy atom. The molecule has 1 N–H and O–H groups in total. The number of benzene rings is 1. The maximum Gasteiger partial charge on any atom is 0.267 e. The first kappa shape index (κ1) is 14.5. The molecule has 1 amide bonds. The van der Waals surface area contributed by atoms with Crippen LogP contribution in [0.2, 0.25) is 0 Å². The minimum absolute atomic E-state index is 0.0961. The van der Waals surface area contributed by atoms with Crippen LogP contribution in [-0.2, 0) is 6.42 Å². The molecule has 20 heavy (non-hydrogen) atoms. The van der Waals surface area contributed by atoms with E-state index >= 15 is 0 Å². The first-order valence-electron chi connectivity index (χ1n) is 6.56. The topological polar surface area (TPSA) is 45.2 Å². The number of anilines is 2. The Morgan fingerprint density at radius 2 is 2.15 bits per heavy atom. The number of nitrogens with one attached hydrogen (secondary N) is 1. The fourth-order valence-corrected chi connectivity index (χ4v) is 2.76. The minimum atomic E-state index is -0.0961. The zero-order chi connectivity index (χ0) is 14.7. The summed E-state index contributed by atoms with van der Waals surface area (Å²) >= 11 is 1.44. The van der Waals surface area contributed by atoms with Gasteiger partial charge in [0.15, 0.2) is 0 Å². The quantitative estimate of drug-likeness (QED) is 0.939. The second-order valence-electron chi connectivity index (χ2n) is 4.77. The molecule has 0 radical (unpaired) electrons. The van der Waals surface area contributed by atoms with Gasteiger partial charge in [0.1, 0.15) is 4.88 Å². The summed E-state index contributed by atoms with van der Waals surface area (Å²) in [6.07, 6.45) is 2.50. The van der Waals surface area contributed by atoms with Gasteiger partial charge in [0, 0.05) is 25.5 Å². The Labute approximate surface area is 123 Å². The third-order valence-corrected chi connectivity index (χ3v) is 4.26. The largest absolute Gasteiger partial charge is 0.377 e. The SMILES string of the molecule is CCc1ncc(C(=O)Nc2cccc(N(C)C)c2C)s1. The van der Waals surface area contributed by atoms with Gasteiger partial charge in [-0.3, -0.25) is 4.79 Å². The van der Waals surface area contributed by atoms with Gasteiger partial charge in [-0.15, -0.1) is 11.3 Å². The summed E-state index contributed by atoms with van der Waals surface area (Å²) in [4.78, 5) is 19.1. The van der Waals surface area contributed by atoms with Gasteiger partial charge < -0.3 is 10.2 Å². The average Bonchev–Trinajstić information content (AvgIpc) is 2.89. The van der Waals surface area contributed by atoms with Crippen molar-refractivity contribution in [2.75, 3.05) is 24.3 Å². The standard InChI is InChI=1S/C15H19N3OS/c1-5-14-16-9-13(20-14)15(19)17-11-7-6-8-12(10(11)2)18(3)4/h6-9H,5H2,1-4H3,(H,17,19). The van der Waals surface area contributed by atoms with Gasteiger partial charge in [0.25, 0.3) is 5.91 Å². The van der Waals surface area contributed by atoms with Crippen LogP contribution in [0.25, 0.3) is 0 Å². The minimum Gasteiger partial charge on any atom is -0.377 e. The third-order valence-electron chi connectivity index (χ3n) is 3.12. The number of rotatable bonds is 4. The van der Waals surface area contributed by atoms with Gasteiger partial charge in [-0.05, 0) is 31.0 Å². The van der Waals surface area contributed by atoms with E-state index in [2.05, 4.69) is 10.3 Å². The van der Waals surface area contributed by atoms with Crippen LogP contribution in [0, 0.1) is 6.92 Å². The molecule has 0 aliphatic carbocycles. The van der Waals surface area contributed by atoms with Crippen LogP contribution in [-0.4, -0.2) is 25.0 Å². The molecule has 1 aromatic heterocycles. The van der Waals surface area contributed by atoms with Crippen molar-refractivity contribution >= 4 is 28.6 Å². The highest BCUT2D eigenvalue weighted by molar-refractivity contribution is 7.13. The Balaban J connectivity index is 2.21. The van der Waals surface area contributed by atoms with Gasteiger partial charge >= 0.3 is 0 Å². The zero-order valence-corrected chi connectivity index (χ0v) is 13.0. The molecule has 0 bridgehead atoms. The molecule has 0 saturated heterocycles. The second kappa shape index (κ2) is 6.05. The lowest BCUT2D eigenvalue weighted by Gasteiger charge is -2.18. The molecule has 0 aliphatic heterocycles. The molecule has 1 aromatic carbocycles. The summed E-state index contributed by atoms with van der Waals surface area (Å²) < 4.78 is 0. The Hall–Kier alpha value is -1.88. The molecule has 0 unspecified atom stereocenters. The highest BCUT2D eigenvalue weighted by Crippen LogP contribution is 2.26. The summed E-state index contributed by atoms with van der Waals surface area (Å²) in [7, 11) is 3.98. The predicted octanol–water partition coefficient (Wildman–Crippen LogP) is 3.33. The number of amides is 1. The van der Waals surface area contributed by atoms with Gasteiger partial charge in [0.05, 0.1) is 11.2 Å². The molecule has 0 spiro atoms. The molecule has 0 atom stereocenters. The van der Waals surface area contributed by atoms with E-state index in [1.807, 2.05) is 51.0 Å². The van der Waals surface area contributed by atoms with E-state index in [0.29, 0.717) is 4.88 Å². The lowest BCUT2D eigenvalue weighted by Crippen LogP contribution is -2.14. The number of carbonyl (C=O) groups excluding carboxylic acids is 1. The summed E-state index contributed by atoms with van der Waals surface area (Å²) in [5.41, 5.74) is 3.00. The van der Waals surface area contributed by atoms with Crippen molar-refractivity contribution in [2.24, 2.45) is 0 Å². The van der Waals surface area contributed by atoms with E-state index < -0.39 is 0 Å². The van der Waals surface area contributed by atoms with Crippen LogP contribution < -0.4 is 10.2 Å². The first-order chi connectivity index (χ1) is 9.52. The second-order valence-corrected chi connectivity index (χ2v) is 5.89. The Kier molecular flexibility index (Phi) is 4.39. The summed E-state index contributed by atoms with van der Waals surface area (Å²) in [5, 5.41) is 3.94. The van der Waals surface area contributed by atoms with Gasteiger partial charge in [0.2, 0.25) is 0 Å². The number of hydrogen-bond donors (Lipinski definition) is 1. The third kappa shape index (κ3) is 2.99. The van der Waals surface area contributed by atoms with Crippen LogP contribution in [0.4, 0.5) is 11.4 Å². The molecule has 0 fully saturated rings. The van der Waals surface area contributed by atoms with Crippen molar-refractivity contribution in [3.8, 4) is 0 Å². The smallest absolute Gasteiger partial charge is 0.267 e. The number of nitrogens with zero attached hydrogens (tertiary/aromatic N) is 2. The van der Waals surface area contributed by atoms with Gasteiger partial charge in [-0.25, -0.2) is 4.98 Å². The van der Waals surface area contributed by atoms with Crippen molar-refractivity contribution in [3.05, 3.63) is 39.8 Å². The van der Waals surface area contributed by atoms with Crippen molar-refractivity contribution < 1.29 is 4.79 Å². The number of carbonyl (C=O) groups is 1. The molecule has 2 aromatic rings. The van der Waals surface area contributed by atoms with Crippen LogP contribution in [0.5, 0.6) is 0 Å². The fourth-order valence-electron chi connectivity index (χ4n) is 2.01. The van der Waals surface area contributed by atoms with E-state index in [1.165, 1.54) is 11.3 Å². The molecule has 2 rings (SSSR count). The highest BCUT2D eigenvalue weighted by Gasteiger charge is 2.13. The van der Waals surface area contributed by atoms with Crippen LogP contribution in [0.3, 0.4) is 0 Å². The van der Waals surface area contributed by atoms with E-state index in [-0.39, 0.29) is 5.91 Å². The molecule has 1 heterocycles. The highest BCUT2D eigenvalue weighted by atomic mass is 32.1. The molecule has 106 valence electrons. The van der Waals surface area contributed by atoms with Crippen LogP contribution in [0.1, 0.15) is 27.2 Å². The number of hydrogen-bond acceptors (Lipinski definition) is 4. The van der Waals surface area contributed by atoms with Crippen molar-refractivity contribution in [3.63, 3.8) is 0 Å². The van der Waals surface area contributed by atoms with E-state index in [0.717, 1.165) is 28.4 Å². The van der Waals surface area contributed by atoms with E-state index in [1.54, 1.807) is 6.20 Å². The maximum absolute atomic E-state index is 12.2. The lowest BCUT2D eigenvalue weighted by atomic mass is 10.1. The van der Waals surface area contributed by atoms with Crippen molar-refractivity contribution in [1.82, 2.24) is 4.98 Å². The normalized spacial score (nSPS) is 10.4. The molecular formula is C15H19N3OS. The Morgan fingerprint density at radius 1 is 1.40 bits per heavy atom. The summed E-state index contributed by atoms with van der Waals surface area (Å²) in [6, 6.07) is 5.90. The zero-order valence-electron chi connectivity index (χ0n) is 12.2. The fraction of sp³-hybridized carbons (Fsp3) is 0.333. The number of thiazole rings is 1. The van der Waals surface area contributed by atoms with Crippen molar-refractivity contribution in [2.45, 2.75) is 20.3 Å². The van der Waals surface area contributed by atoms with Gasteiger partial charge in [-0.2, -0.15) is 0 Å². The van der Waals surface area contributed by atoms with E-state index in [9.17, 15) is 4.79 Å². The number of aromatic nitrogens is 1. The maximum atomic E-state index is 12.2. The Bertz CT molecular complexity index is 619. The summed E-state index contributed by atoms with van der Waals surface area (Å²) in [6.45, 7) is 4.04. The molecule has 0 saturated carbocycles. The summed E-state index contributed by atoms with van der Waals surface area (Å²) in [5.74, 6) is -0.0961. The molecule has 5 heteroatoms. The monoisotopic (exact) mass is 289 g/mol. The average molecular weight is 289 g/mol. The van der Waals surface area contributed by atoms with Crippen LogP contribution >= 0.6 is 11.3 Å². The number of aryl methyl sites for hydroxylation is 1. The predicted molar refractivity (Wildman–Crippen MR) is 85.0 cm³/mol. The first-order valence-corrected chi connectivity index (χ1v) is 7.37. The van der Waals surface area contributed by atoms with Crippen LogP contribution in [0.15, 0.2) is 24.4 Å².